The molecule has 0 atom stereocenters. The Balaban J connectivity index is 1.42. The minimum Gasteiger partial charge on any atom is -0.493 e. The highest BCUT2D eigenvalue weighted by atomic mass is 19.1. The number of fused-ring (bicyclic) bond motifs is 2. The number of halogens is 1. The molecule has 0 aromatic heterocycles. The number of likely N-dealkylation sites (tertiary alicyclic amines) is 1. The van der Waals surface area contributed by atoms with E-state index in [-0.39, 0.29) is 6.67 Å². The summed E-state index contributed by atoms with van der Waals surface area (Å²) < 4.78 is 18.5. The van der Waals surface area contributed by atoms with Gasteiger partial charge in [-0.05, 0) is 101 Å². The van der Waals surface area contributed by atoms with Crippen LogP contribution in [0.4, 0.5) is 4.39 Å². The lowest BCUT2D eigenvalue weighted by molar-refractivity contribution is 0.0696. The van der Waals surface area contributed by atoms with E-state index in [9.17, 15) is 14.3 Å². The number of aromatic carboxylic acids is 1. The minimum absolute atomic E-state index is 0.256. The molecule has 0 radical (unpaired) electrons. The van der Waals surface area contributed by atoms with Gasteiger partial charge in [0.05, 0.1) is 18.8 Å². The number of hydrogen-bond acceptors (Lipinski definition) is 3. The molecule has 5 heteroatoms. The van der Waals surface area contributed by atoms with Crippen LogP contribution < -0.4 is 4.74 Å². The summed E-state index contributed by atoms with van der Waals surface area (Å²) >= 11 is 0. The Hall–Kier alpha value is -3.70. The smallest absolute Gasteiger partial charge is 0.335 e. The molecule has 0 unspecified atom stereocenters. The van der Waals surface area contributed by atoms with Gasteiger partial charge in [-0.15, -0.1) is 0 Å². The van der Waals surface area contributed by atoms with Crippen molar-refractivity contribution in [3.05, 3.63) is 105 Å². The Bertz CT molecular complexity index is 1450. The Morgan fingerprint density at radius 3 is 2.62 bits per heavy atom. The largest absolute Gasteiger partial charge is 0.493 e. The van der Waals surface area contributed by atoms with Gasteiger partial charge in [0.2, 0.25) is 0 Å². The number of aryl methyl sites for hydroxylation is 1. The fraction of sp³-hybridized carbons (Fsp3) is 0.324. The summed E-state index contributed by atoms with van der Waals surface area (Å²) in [6, 6.07) is 20.7. The van der Waals surface area contributed by atoms with Crippen molar-refractivity contribution in [2.45, 2.75) is 38.5 Å². The highest BCUT2D eigenvalue weighted by Crippen LogP contribution is 2.43. The van der Waals surface area contributed by atoms with Crippen LogP contribution in [0.2, 0.25) is 0 Å². The Morgan fingerprint density at radius 1 is 0.974 bits per heavy atom. The van der Waals surface area contributed by atoms with Gasteiger partial charge >= 0.3 is 5.97 Å². The van der Waals surface area contributed by atoms with Crippen molar-refractivity contribution in [1.29, 1.82) is 0 Å². The number of rotatable bonds is 7. The highest BCUT2D eigenvalue weighted by Gasteiger charge is 2.25. The molecule has 0 spiro atoms. The molecular formula is C34H34FNO3. The van der Waals surface area contributed by atoms with Gasteiger partial charge in [-0.25, -0.2) is 4.79 Å². The second-order valence-corrected chi connectivity index (χ2v) is 10.8. The summed E-state index contributed by atoms with van der Waals surface area (Å²) in [7, 11) is 0. The monoisotopic (exact) mass is 523 g/mol. The third-order valence-electron chi connectivity index (χ3n) is 8.11. The van der Waals surface area contributed by atoms with Gasteiger partial charge in [0.15, 0.2) is 0 Å². The maximum Gasteiger partial charge on any atom is 0.335 e. The van der Waals surface area contributed by atoms with Crippen LogP contribution in [0.15, 0.2) is 66.2 Å². The van der Waals surface area contributed by atoms with E-state index in [4.69, 9.17) is 4.74 Å². The van der Waals surface area contributed by atoms with E-state index in [0.29, 0.717) is 12.0 Å². The van der Waals surface area contributed by atoms with Gasteiger partial charge in [-0.2, -0.15) is 0 Å². The number of carboxylic acids is 1. The Kier molecular flexibility index (Phi) is 7.34. The summed E-state index contributed by atoms with van der Waals surface area (Å²) in [6.07, 6.45) is 7.59. The van der Waals surface area contributed by atoms with Gasteiger partial charge in [-0.3, -0.25) is 9.29 Å². The van der Waals surface area contributed by atoms with Crippen LogP contribution in [0.25, 0.3) is 17.2 Å². The molecule has 4 nitrogen and oxygen atoms in total. The molecule has 1 N–H and O–H groups in total. The molecule has 39 heavy (non-hydrogen) atoms. The molecule has 0 amide bonds. The first-order valence-corrected chi connectivity index (χ1v) is 14.0. The molecule has 2 aliphatic heterocycles. The molecule has 3 aromatic carbocycles. The van der Waals surface area contributed by atoms with Crippen LogP contribution in [-0.4, -0.2) is 48.9 Å². The van der Waals surface area contributed by atoms with Crippen LogP contribution in [0.1, 0.15) is 69.4 Å². The third-order valence-corrected chi connectivity index (χ3v) is 8.11. The van der Waals surface area contributed by atoms with Gasteiger partial charge in [-0.1, -0.05) is 48.5 Å². The predicted molar refractivity (Wildman–Crippen MR) is 154 cm³/mol. The number of benzene rings is 3. The number of alkyl halides is 1. The van der Waals surface area contributed by atoms with Crippen molar-refractivity contribution in [2.75, 3.05) is 32.9 Å². The van der Waals surface area contributed by atoms with E-state index >= 15 is 0 Å². The fourth-order valence-corrected chi connectivity index (χ4v) is 6.23. The first-order valence-electron chi connectivity index (χ1n) is 14.0. The molecular weight excluding hydrogens is 489 g/mol. The van der Waals surface area contributed by atoms with E-state index < -0.39 is 5.97 Å². The number of ether oxygens (including phenoxy) is 1. The third kappa shape index (κ3) is 5.28. The van der Waals surface area contributed by atoms with Crippen molar-refractivity contribution in [2.24, 2.45) is 0 Å². The first kappa shape index (κ1) is 25.6. The number of carboxylic acid groups (broad SMARTS) is 1. The lowest BCUT2D eigenvalue weighted by atomic mass is 9.84. The standard InChI is InChI=1S/C34H34FNO3/c35-16-4-17-36-21-24(22-36)19-23-10-12-25(13-11-23)33-28-15-14-27(34(37)38)20-26(28)5-1-7-31(33)29-6-2-9-32-30(29)8-3-18-39-32/h2,6,9-15,19-20H,1,3-5,7-8,16-18,21-22H2,(H,37,38). The highest BCUT2D eigenvalue weighted by molar-refractivity contribution is 6.01. The van der Waals surface area contributed by atoms with Crippen molar-refractivity contribution in [3.8, 4) is 5.75 Å². The summed E-state index contributed by atoms with van der Waals surface area (Å²) in [6.45, 7) is 3.15. The van der Waals surface area contributed by atoms with Crippen LogP contribution >= 0.6 is 0 Å². The summed E-state index contributed by atoms with van der Waals surface area (Å²) in [5, 5.41) is 9.64. The molecule has 2 heterocycles. The summed E-state index contributed by atoms with van der Waals surface area (Å²) in [5.41, 5.74) is 11.3. The van der Waals surface area contributed by atoms with Crippen LogP contribution in [0.5, 0.6) is 5.75 Å². The minimum atomic E-state index is -0.890. The van der Waals surface area contributed by atoms with Gasteiger partial charge in [0.25, 0.3) is 0 Å². The van der Waals surface area contributed by atoms with Gasteiger partial charge < -0.3 is 9.84 Å². The number of hydrogen-bond donors (Lipinski definition) is 1. The van der Waals surface area contributed by atoms with Gasteiger partial charge in [0.1, 0.15) is 5.75 Å². The molecule has 3 aromatic rings. The van der Waals surface area contributed by atoms with Crippen molar-refractivity contribution in [3.63, 3.8) is 0 Å². The van der Waals surface area contributed by atoms with E-state index in [1.54, 1.807) is 6.07 Å². The molecule has 200 valence electrons. The summed E-state index contributed by atoms with van der Waals surface area (Å²) in [4.78, 5) is 14.0. The maximum atomic E-state index is 12.5. The van der Waals surface area contributed by atoms with E-state index in [1.165, 1.54) is 33.4 Å². The van der Waals surface area contributed by atoms with Crippen molar-refractivity contribution in [1.82, 2.24) is 4.90 Å². The number of nitrogens with zero attached hydrogens (tertiary/aromatic N) is 1. The maximum absolute atomic E-state index is 12.5. The molecule has 3 aliphatic rings. The van der Waals surface area contributed by atoms with E-state index in [0.717, 1.165) is 80.8 Å². The SMILES string of the molecule is O=C(O)c1ccc2c(c1)CCCC(c1cccc3c1CCCO3)=C2c1ccc(C=C2CN(CCCF)C2)cc1. The average molecular weight is 524 g/mol. The normalized spacial score (nSPS) is 17.0. The predicted octanol–water partition coefficient (Wildman–Crippen LogP) is 7.06. The zero-order chi connectivity index (χ0) is 26.8. The zero-order valence-corrected chi connectivity index (χ0v) is 22.2. The van der Waals surface area contributed by atoms with Crippen molar-refractivity contribution < 1.29 is 19.0 Å². The average Bonchev–Trinajstić information content (AvgIpc) is 3.13. The number of carbonyl (C=O) groups is 1. The van der Waals surface area contributed by atoms with Crippen molar-refractivity contribution >= 4 is 23.2 Å². The second-order valence-electron chi connectivity index (χ2n) is 10.8. The van der Waals surface area contributed by atoms with Crippen LogP contribution in [0, 0.1) is 0 Å². The zero-order valence-electron chi connectivity index (χ0n) is 22.2. The second kappa shape index (κ2) is 11.2. The van der Waals surface area contributed by atoms with Crippen LogP contribution in [-0.2, 0) is 12.8 Å². The molecule has 1 aliphatic carbocycles. The lowest BCUT2D eigenvalue weighted by Gasteiger charge is -2.33. The topological polar surface area (TPSA) is 49.8 Å². The first-order chi connectivity index (χ1) is 19.1. The Labute approximate surface area is 229 Å². The molecule has 6 rings (SSSR count). The van der Waals surface area contributed by atoms with Crippen LogP contribution in [0.3, 0.4) is 0 Å². The quantitative estimate of drug-likeness (QED) is 0.360. The fourth-order valence-electron chi connectivity index (χ4n) is 6.23. The summed E-state index contributed by atoms with van der Waals surface area (Å²) in [5.74, 6) is 0.0954. The van der Waals surface area contributed by atoms with E-state index in [1.807, 2.05) is 12.1 Å². The molecule has 0 bridgehead atoms. The Morgan fingerprint density at radius 2 is 1.82 bits per heavy atom. The lowest BCUT2D eigenvalue weighted by Crippen LogP contribution is -2.40. The molecule has 1 saturated heterocycles. The molecule has 1 fully saturated rings. The van der Waals surface area contributed by atoms with Gasteiger partial charge in [0, 0.05) is 25.2 Å². The number of allylic oxidation sites excluding steroid dienone is 1. The van der Waals surface area contributed by atoms with E-state index in [2.05, 4.69) is 53.4 Å². The molecule has 0 saturated carbocycles.